The van der Waals surface area contributed by atoms with E-state index < -0.39 is 23.1 Å². The van der Waals surface area contributed by atoms with Crippen LogP contribution in [0.2, 0.25) is 0 Å². The van der Waals surface area contributed by atoms with Gasteiger partial charge in [0.1, 0.15) is 11.2 Å². The van der Waals surface area contributed by atoms with Crippen LogP contribution in [0.25, 0.3) is 11.2 Å². The van der Waals surface area contributed by atoms with Crippen LogP contribution >= 0.6 is 12.4 Å². The Morgan fingerprint density at radius 3 is 1.76 bits per heavy atom. The molecule has 0 unspecified atom stereocenters. The van der Waals surface area contributed by atoms with Gasteiger partial charge in [-0.3, -0.25) is 24.7 Å². The fraction of sp³-hybridized carbons (Fsp3) is 0. The molecule has 0 aliphatic rings. The molecule has 0 saturated carbocycles. The number of carboxylic acid groups (broad SMARTS) is 2. The normalized spacial score (nSPS) is 8.94. The molecule has 0 saturated heterocycles. The number of imidazole rings is 1. The van der Waals surface area contributed by atoms with Gasteiger partial charge in [-0.2, -0.15) is 0 Å². The number of rotatable bonds is 0. The summed E-state index contributed by atoms with van der Waals surface area (Å²) in [6.07, 6.45) is -1.83. The smallest absolute Gasteiger partial charge is 0.450 e. The van der Waals surface area contributed by atoms with Crippen LogP contribution in [0.15, 0.2) is 14.4 Å². The Morgan fingerprint density at radius 1 is 0.882 bits per heavy atom. The summed E-state index contributed by atoms with van der Waals surface area (Å²) in [6.45, 7) is 0. The van der Waals surface area contributed by atoms with Gasteiger partial charge in [-0.15, -0.1) is 12.4 Å². The van der Waals surface area contributed by atoms with Crippen molar-refractivity contribution in [3.05, 3.63) is 31.3 Å². The lowest BCUT2D eigenvalue weighted by molar-refractivity contribution is 0.137. The standard InChI is InChI=1S/C5H4N4O3.CH2O3.ClH/c10-3-1-2(7-4(11)6-1)8-5(12)9-3;2-1(3)4;/h(H4,6,7,8,9,10,11,12);(H2,2,3,4);1H. The molecule has 2 aromatic heterocycles. The zero-order valence-corrected chi connectivity index (χ0v) is 8.75. The second kappa shape index (κ2) is 5.55. The van der Waals surface area contributed by atoms with Gasteiger partial charge >= 0.3 is 17.5 Å². The number of halogens is 1. The van der Waals surface area contributed by atoms with Gasteiger partial charge in [0.2, 0.25) is 0 Å². The second-order valence-electron chi connectivity index (χ2n) is 2.52. The molecule has 17 heavy (non-hydrogen) atoms. The first-order valence-corrected chi connectivity index (χ1v) is 3.76. The number of aromatic nitrogens is 4. The molecule has 0 aliphatic heterocycles. The molecular weight excluding hydrogens is 260 g/mol. The van der Waals surface area contributed by atoms with Gasteiger partial charge in [0.25, 0.3) is 5.56 Å². The molecule has 6 N–H and O–H groups in total. The van der Waals surface area contributed by atoms with Crippen LogP contribution in [-0.2, 0) is 0 Å². The minimum absolute atomic E-state index is 0. The quantitative estimate of drug-likeness (QED) is 0.352. The maximum Gasteiger partial charge on any atom is 0.503 e. The largest absolute Gasteiger partial charge is 0.503 e. The molecule has 2 rings (SSSR count). The third-order valence-corrected chi connectivity index (χ3v) is 1.42. The Morgan fingerprint density at radius 2 is 1.29 bits per heavy atom. The van der Waals surface area contributed by atoms with E-state index in [0.29, 0.717) is 0 Å². The predicted molar refractivity (Wildman–Crippen MR) is 58.1 cm³/mol. The summed E-state index contributed by atoms with van der Waals surface area (Å²) in [4.78, 5) is 49.5. The van der Waals surface area contributed by atoms with Gasteiger partial charge in [0, 0.05) is 0 Å². The molecule has 0 spiro atoms. The Kier molecular flexibility index (Phi) is 4.74. The molecule has 0 radical (unpaired) electrons. The highest BCUT2D eigenvalue weighted by atomic mass is 35.5. The summed E-state index contributed by atoms with van der Waals surface area (Å²) in [5, 5.41) is 13.9. The maximum atomic E-state index is 10.9. The van der Waals surface area contributed by atoms with E-state index in [9.17, 15) is 14.4 Å². The Labute approximate surface area is 96.7 Å². The van der Waals surface area contributed by atoms with E-state index in [1.54, 1.807) is 0 Å². The van der Waals surface area contributed by atoms with Crippen LogP contribution in [0.4, 0.5) is 4.79 Å². The first-order chi connectivity index (χ1) is 7.40. The highest BCUT2D eigenvalue weighted by Crippen LogP contribution is 1.88. The van der Waals surface area contributed by atoms with E-state index in [2.05, 4.69) is 15.0 Å². The zero-order valence-electron chi connectivity index (χ0n) is 7.94. The number of fused-ring (bicyclic) bond motifs is 1. The minimum atomic E-state index is -1.83. The molecule has 2 aromatic rings. The van der Waals surface area contributed by atoms with Crippen molar-refractivity contribution in [3.8, 4) is 0 Å². The number of hydrogen-bond acceptors (Lipinski definition) is 4. The molecule has 0 bridgehead atoms. The van der Waals surface area contributed by atoms with Crippen LogP contribution in [0.1, 0.15) is 0 Å². The molecule has 0 aliphatic carbocycles. The molecule has 11 heteroatoms. The molecule has 0 fully saturated rings. The average molecular weight is 267 g/mol. The van der Waals surface area contributed by atoms with E-state index >= 15 is 0 Å². The lowest BCUT2D eigenvalue weighted by atomic mass is 10.5. The summed E-state index contributed by atoms with van der Waals surface area (Å²) in [6, 6.07) is 0. The summed E-state index contributed by atoms with van der Waals surface area (Å²) in [7, 11) is 0. The van der Waals surface area contributed by atoms with E-state index in [4.69, 9.17) is 15.0 Å². The fourth-order valence-electron chi connectivity index (χ4n) is 0.958. The Bertz CT molecular complexity index is 674. The van der Waals surface area contributed by atoms with Crippen LogP contribution in [0, 0.1) is 0 Å². The topological polar surface area (TPSA) is 172 Å². The highest BCUT2D eigenvalue weighted by molar-refractivity contribution is 5.85. The minimum Gasteiger partial charge on any atom is -0.450 e. The van der Waals surface area contributed by atoms with Crippen molar-refractivity contribution in [1.82, 2.24) is 19.9 Å². The van der Waals surface area contributed by atoms with Crippen molar-refractivity contribution in [2.24, 2.45) is 0 Å². The second-order valence-corrected chi connectivity index (χ2v) is 2.52. The van der Waals surface area contributed by atoms with Gasteiger partial charge in [0.15, 0.2) is 0 Å². The Hall–Kier alpha value is -2.49. The van der Waals surface area contributed by atoms with E-state index in [1.165, 1.54) is 0 Å². The molecule has 94 valence electrons. The molecule has 0 atom stereocenters. The van der Waals surface area contributed by atoms with Crippen LogP contribution in [-0.4, -0.2) is 36.3 Å². The van der Waals surface area contributed by atoms with E-state index in [0.717, 1.165) is 0 Å². The number of nitrogens with one attached hydrogen (secondary N) is 4. The van der Waals surface area contributed by atoms with Crippen LogP contribution in [0.5, 0.6) is 0 Å². The van der Waals surface area contributed by atoms with Crippen molar-refractivity contribution in [2.45, 2.75) is 0 Å². The summed E-state index contributed by atoms with van der Waals surface area (Å²) >= 11 is 0. The summed E-state index contributed by atoms with van der Waals surface area (Å²) in [5.41, 5.74) is -1.65. The monoisotopic (exact) mass is 266 g/mol. The summed E-state index contributed by atoms with van der Waals surface area (Å²) < 4.78 is 0. The third kappa shape index (κ3) is 3.87. The van der Waals surface area contributed by atoms with Gasteiger partial charge in [-0.25, -0.2) is 14.4 Å². The molecule has 10 nitrogen and oxygen atoms in total. The molecule has 0 aromatic carbocycles. The molecular formula is C6H7ClN4O6. The first kappa shape index (κ1) is 14.5. The van der Waals surface area contributed by atoms with Crippen molar-refractivity contribution >= 4 is 29.7 Å². The van der Waals surface area contributed by atoms with Crippen molar-refractivity contribution in [2.75, 3.05) is 0 Å². The average Bonchev–Trinajstić information content (AvgIpc) is 2.44. The molecule has 0 amide bonds. The number of aromatic amines is 4. The maximum absolute atomic E-state index is 10.9. The predicted octanol–water partition coefficient (Wildman–Crippen LogP) is -1.12. The van der Waals surface area contributed by atoms with Crippen LogP contribution in [0.3, 0.4) is 0 Å². The van der Waals surface area contributed by atoms with Crippen molar-refractivity contribution in [3.63, 3.8) is 0 Å². The SMILES string of the molecule is Cl.O=C(O)O.O=c1[nH]c(=O)c2[nH]c(=O)[nH]c2[nH]1. The number of H-pyrrole nitrogens is 4. The van der Waals surface area contributed by atoms with Crippen molar-refractivity contribution in [1.29, 1.82) is 0 Å². The van der Waals surface area contributed by atoms with Gasteiger partial charge in [-0.05, 0) is 0 Å². The van der Waals surface area contributed by atoms with Gasteiger partial charge < -0.3 is 10.2 Å². The Balaban J connectivity index is 0.000000453. The fourth-order valence-corrected chi connectivity index (χ4v) is 0.958. The summed E-state index contributed by atoms with van der Waals surface area (Å²) in [5.74, 6) is 0. The third-order valence-electron chi connectivity index (χ3n) is 1.42. The number of hydrogen-bond donors (Lipinski definition) is 6. The van der Waals surface area contributed by atoms with Crippen LogP contribution < -0.4 is 16.9 Å². The van der Waals surface area contributed by atoms with Crippen molar-refractivity contribution < 1.29 is 15.0 Å². The number of carbonyl (C=O) groups is 1. The first-order valence-electron chi connectivity index (χ1n) is 3.76. The van der Waals surface area contributed by atoms with Gasteiger partial charge in [-0.1, -0.05) is 0 Å². The lowest BCUT2D eigenvalue weighted by Crippen LogP contribution is -2.21. The van der Waals surface area contributed by atoms with E-state index in [-0.39, 0.29) is 23.6 Å². The van der Waals surface area contributed by atoms with Gasteiger partial charge in [0.05, 0.1) is 0 Å². The van der Waals surface area contributed by atoms with E-state index in [1.807, 2.05) is 4.98 Å². The highest BCUT2D eigenvalue weighted by Gasteiger charge is 2.02. The molecule has 2 heterocycles. The lowest BCUT2D eigenvalue weighted by Gasteiger charge is -1.83. The zero-order chi connectivity index (χ0) is 12.3.